The monoisotopic (exact) mass is 444 g/mol. The molecule has 1 atom stereocenters. The lowest BCUT2D eigenvalue weighted by Gasteiger charge is -2.15. The fourth-order valence-electron chi connectivity index (χ4n) is 2.89. The first-order valence-corrected chi connectivity index (χ1v) is 10.8. The summed E-state index contributed by atoms with van der Waals surface area (Å²) in [6, 6.07) is 11.7. The number of aliphatic hydroxyl groups is 1. The second-order valence-corrected chi connectivity index (χ2v) is 7.62. The van der Waals surface area contributed by atoms with Gasteiger partial charge in [0.1, 0.15) is 11.6 Å². The van der Waals surface area contributed by atoms with Crippen LogP contribution in [-0.4, -0.2) is 49.3 Å². The molecule has 0 aliphatic rings. The van der Waals surface area contributed by atoms with E-state index in [1.807, 2.05) is 45.0 Å². The predicted molar refractivity (Wildman–Crippen MR) is 125 cm³/mol. The number of ether oxygens (including phenoxy) is 1. The van der Waals surface area contributed by atoms with Gasteiger partial charge >= 0.3 is 0 Å². The first kappa shape index (κ1) is 25.1. The highest BCUT2D eigenvalue weighted by atomic mass is 19.1. The van der Waals surface area contributed by atoms with Gasteiger partial charge in [0.2, 0.25) is 0 Å². The van der Waals surface area contributed by atoms with Crippen molar-refractivity contribution >= 4 is 11.9 Å². The van der Waals surface area contributed by atoms with Crippen molar-refractivity contribution in [3.8, 4) is 5.75 Å². The van der Waals surface area contributed by atoms with Crippen molar-refractivity contribution in [1.29, 1.82) is 0 Å². The molecular weight excluding hydrogens is 411 g/mol. The Labute approximate surface area is 189 Å². The molecule has 1 amide bonds. The molecule has 0 bridgehead atoms. The van der Waals surface area contributed by atoms with E-state index in [-0.39, 0.29) is 24.1 Å². The zero-order chi connectivity index (χ0) is 23.5. The lowest BCUT2D eigenvalue weighted by molar-refractivity contribution is 0.0954. The Morgan fingerprint density at radius 1 is 1.12 bits per heavy atom. The van der Waals surface area contributed by atoms with Gasteiger partial charge in [-0.2, -0.15) is 0 Å². The molecule has 174 valence electrons. The number of hydrogen-bond acceptors (Lipinski definition) is 4. The molecule has 2 rings (SSSR count). The molecular formula is C24H33FN4O3. The molecule has 0 aliphatic carbocycles. The van der Waals surface area contributed by atoms with Crippen molar-refractivity contribution in [1.82, 2.24) is 16.0 Å². The summed E-state index contributed by atoms with van der Waals surface area (Å²) < 4.78 is 19.3. The highest BCUT2D eigenvalue weighted by Gasteiger charge is 2.10. The molecule has 0 fully saturated rings. The Bertz CT molecular complexity index is 918. The fourth-order valence-corrected chi connectivity index (χ4v) is 2.89. The van der Waals surface area contributed by atoms with Crippen LogP contribution in [0.4, 0.5) is 4.39 Å². The van der Waals surface area contributed by atoms with Crippen LogP contribution in [0, 0.1) is 12.7 Å². The third kappa shape index (κ3) is 8.19. The quantitative estimate of drug-likeness (QED) is 0.257. The van der Waals surface area contributed by atoms with Crippen LogP contribution in [-0.2, 0) is 0 Å². The number of carbonyl (C=O) groups excluding carboxylic acids is 1. The first-order valence-electron chi connectivity index (χ1n) is 10.8. The van der Waals surface area contributed by atoms with Crippen LogP contribution >= 0.6 is 0 Å². The van der Waals surface area contributed by atoms with Crippen LogP contribution in [0.25, 0.3) is 0 Å². The van der Waals surface area contributed by atoms with Crippen LogP contribution in [0.3, 0.4) is 0 Å². The number of rotatable bonds is 10. The van der Waals surface area contributed by atoms with Crippen molar-refractivity contribution in [2.45, 2.75) is 39.9 Å². The van der Waals surface area contributed by atoms with Crippen molar-refractivity contribution in [2.75, 3.05) is 26.2 Å². The molecule has 8 heteroatoms. The SMILES string of the molecule is CCNC(=NCC(O)c1cccc(OC(C)C)c1)NCCNC(=O)c1ccc(C)c(F)c1. The molecule has 0 saturated heterocycles. The fraction of sp³-hybridized carbons (Fsp3) is 0.417. The maximum absolute atomic E-state index is 13.6. The van der Waals surface area contributed by atoms with E-state index in [1.165, 1.54) is 6.07 Å². The summed E-state index contributed by atoms with van der Waals surface area (Å²) in [5.41, 5.74) is 1.50. The van der Waals surface area contributed by atoms with Crippen LogP contribution in [0.1, 0.15) is 48.4 Å². The number of hydrogen-bond donors (Lipinski definition) is 4. The topological polar surface area (TPSA) is 95.0 Å². The zero-order valence-corrected chi connectivity index (χ0v) is 19.1. The van der Waals surface area contributed by atoms with Gasteiger partial charge in [-0.1, -0.05) is 18.2 Å². The summed E-state index contributed by atoms with van der Waals surface area (Å²) in [4.78, 5) is 16.6. The second-order valence-electron chi connectivity index (χ2n) is 7.62. The molecule has 32 heavy (non-hydrogen) atoms. The number of amides is 1. The minimum absolute atomic E-state index is 0.0514. The van der Waals surface area contributed by atoms with Gasteiger partial charge in [0.15, 0.2) is 5.96 Å². The van der Waals surface area contributed by atoms with E-state index < -0.39 is 11.9 Å². The van der Waals surface area contributed by atoms with Crippen LogP contribution in [0.5, 0.6) is 5.75 Å². The Morgan fingerprint density at radius 2 is 1.88 bits per heavy atom. The molecule has 4 N–H and O–H groups in total. The third-order valence-corrected chi connectivity index (χ3v) is 4.52. The molecule has 0 heterocycles. The van der Waals surface area contributed by atoms with E-state index in [0.29, 0.717) is 36.9 Å². The van der Waals surface area contributed by atoms with Crippen molar-refractivity contribution in [2.24, 2.45) is 4.99 Å². The second kappa shape index (κ2) is 12.7. The third-order valence-electron chi connectivity index (χ3n) is 4.52. The molecule has 7 nitrogen and oxygen atoms in total. The van der Waals surface area contributed by atoms with Gasteiger partial charge in [0.05, 0.1) is 18.8 Å². The van der Waals surface area contributed by atoms with Crippen LogP contribution in [0.15, 0.2) is 47.5 Å². The highest BCUT2D eigenvalue weighted by Crippen LogP contribution is 2.20. The van der Waals surface area contributed by atoms with Crippen molar-refractivity contribution < 1.29 is 19.0 Å². The van der Waals surface area contributed by atoms with E-state index in [1.54, 1.807) is 19.1 Å². The van der Waals surface area contributed by atoms with Gasteiger partial charge in [-0.15, -0.1) is 0 Å². The lowest BCUT2D eigenvalue weighted by Crippen LogP contribution is -2.41. The zero-order valence-electron chi connectivity index (χ0n) is 19.1. The summed E-state index contributed by atoms with van der Waals surface area (Å²) in [6.07, 6.45) is -0.729. The normalized spacial score (nSPS) is 12.4. The molecule has 0 spiro atoms. The summed E-state index contributed by atoms with van der Waals surface area (Å²) >= 11 is 0. The lowest BCUT2D eigenvalue weighted by atomic mass is 10.1. The average molecular weight is 445 g/mol. The van der Waals surface area contributed by atoms with E-state index in [0.717, 1.165) is 5.56 Å². The number of aryl methyl sites for hydroxylation is 1. The number of aliphatic hydroxyl groups excluding tert-OH is 1. The molecule has 0 radical (unpaired) electrons. The maximum Gasteiger partial charge on any atom is 0.251 e. The Balaban J connectivity index is 1.85. The number of carbonyl (C=O) groups is 1. The molecule has 0 aliphatic heterocycles. The highest BCUT2D eigenvalue weighted by molar-refractivity contribution is 5.94. The van der Waals surface area contributed by atoms with Crippen LogP contribution < -0.4 is 20.7 Å². The van der Waals surface area contributed by atoms with Gasteiger partial charge in [0.25, 0.3) is 5.91 Å². The predicted octanol–water partition coefficient (Wildman–Crippen LogP) is 2.94. The number of nitrogens with one attached hydrogen (secondary N) is 3. The summed E-state index contributed by atoms with van der Waals surface area (Å²) in [5, 5.41) is 19.5. The summed E-state index contributed by atoms with van der Waals surface area (Å²) in [6.45, 7) is 9.04. The number of aliphatic imine (C=N–C) groups is 1. The van der Waals surface area contributed by atoms with Crippen molar-refractivity contribution in [3.05, 3.63) is 65.0 Å². The number of halogens is 1. The van der Waals surface area contributed by atoms with E-state index >= 15 is 0 Å². The van der Waals surface area contributed by atoms with E-state index in [9.17, 15) is 14.3 Å². The summed E-state index contributed by atoms with van der Waals surface area (Å²) in [5.74, 6) is 0.482. The average Bonchev–Trinajstić information content (AvgIpc) is 2.76. The summed E-state index contributed by atoms with van der Waals surface area (Å²) in [7, 11) is 0. The molecule has 2 aromatic rings. The Hall–Kier alpha value is -3.13. The molecule has 1 unspecified atom stereocenters. The Kier molecular flexibility index (Phi) is 9.94. The van der Waals surface area contributed by atoms with Crippen LogP contribution in [0.2, 0.25) is 0 Å². The smallest absolute Gasteiger partial charge is 0.251 e. The first-order chi connectivity index (χ1) is 15.3. The number of benzene rings is 2. The van der Waals surface area contributed by atoms with Gasteiger partial charge in [0, 0.05) is 25.2 Å². The minimum Gasteiger partial charge on any atom is -0.491 e. The van der Waals surface area contributed by atoms with Gasteiger partial charge in [-0.3, -0.25) is 9.79 Å². The van der Waals surface area contributed by atoms with Gasteiger partial charge < -0.3 is 25.8 Å². The van der Waals surface area contributed by atoms with Gasteiger partial charge in [-0.25, -0.2) is 4.39 Å². The molecule has 2 aromatic carbocycles. The van der Waals surface area contributed by atoms with Crippen molar-refractivity contribution in [3.63, 3.8) is 0 Å². The van der Waals surface area contributed by atoms with Gasteiger partial charge in [-0.05, 0) is 63.1 Å². The standard InChI is InChI=1S/C24H33FN4O3/c1-5-26-24(28-12-11-27-23(31)19-10-9-17(4)21(25)14-19)29-15-22(30)18-7-6-8-20(13-18)32-16(2)3/h6-10,13-14,16,22,30H,5,11-12,15H2,1-4H3,(H,27,31)(H2,26,28,29). The van der Waals surface area contributed by atoms with E-state index in [4.69, 9.17) is 4.74 Å². The molecule has 0 saturated carbocycles. The molecule has 0 aromatic heterocycles. The Morgan fingerprint density at radius 3 is 2.56 bits per heavy atom. The maximum atomic E-state index is 13.6. The number of guanidine groups is 1. The largest absolute Gasteiger partial charge is 0.491 e. The number of nitrogens with zero attached hydrogens (tertiary/aromatic N) is 1. The minimum atomic E-state index is -0.780. The van der Waals surface area contributed by atoms with E-state index in [2.05, 4.69) is 20.9 Å².